The SMILES string of the molecule is Cn1ccnc1CCNc1cncc2nnnn12. The molecule has 8 heteroatoms. The van der Waals surface area contributed by atoms with Crippen LogP contribution in [0.4, 0.5) is 5.82 Å². The van der Waals surface area contributed by atoms with Gasteiger partial charge < -0.3 is 9.88 Å². The average molecular weight is 244 g/mol. The molecule has 3 rings (SSSR count). The Balaban J connectivity index is 1.70. The molecular weight excluding hydrogens is 232 g/mol. The maximum absolute atomic E-state index is 4.26. The molecular formula is C10H12N8. The van der Waals surface area contributed by atoms with E-state index in [0.29, 0.717) is 5.65 Å². The van der Waals surface area contributed by atoms with Crippen LogP contribution >= 0.6 is 0 Å². The van der Waals surface area contributed by atoms with E-state index in [9.17, 15) is 0 Å². The molecule has 92 valence electrons. The van der Waals surface area contributed by atoms with Gasteiger partial charge in [0.05, 0.1) is 12.4 Å². The Morgan fingerprint density at radius 1 is 1.33 bits per heavy atom. The van der Waals surface area contributed by atoms with Crippen LogP contribution in [0.2, 0.25) is 0 Å². The second-order valence-corrected chi connectivity index (χ2v) is 3.87. The number of tetrazole rings is 1. The van der Waals surface area contributed by atoms with Gasteiger partial charge in [0.2, 0.25) is 0 Å². The first-order valence-corrected chi connectivity index (χ1v) is 5.57. The monoisotopic (exact) mass is 244 g/mol. The predicted octanol–water partition coefficient (Wildman–Crippen LogP) is -0.0926. The molecule has 0 aliphatic rings. The molecule has 3 heterocycles. The zero-order valence-electron chi connectivity index (χ0n) is 9.85. The molecule has 0 aromatic carbocycles. The number of nitrogens with one attached hydrogen (secondary N) is 1. The number of hydrogen-bond acceptors (Lipinski definition) is 6. The van der Waals surface area contributed by atoms with E-state index < -0.39 is 0 Å². The van der Waals surface area contributed by atoms with E-state index >= 15 is 0 Å². The number of aromatic nitrogens is 7. The summed E-state index contributed by atoms with van der Waals surface area (Å²) in [5.74, 6) is 1.80. The zero-order chi connectivity index (χ0) is 12.4. The lowest BCUT2D eigenvalue weighted by Gasteiger charge is -2.06. The van der Waals surface area contributed by atoms with Gasteiger partial charge in [-0.25, -0.2) is 4.98 Å². The van der Waals surface area contributed by atoms with Gasteiger partial charge in [0.25, 0.3) is 0 Å². The third kappa shape index (κ3) is 1.88. The van der Waals surface area contributed by atoms with E-state index in [1.165, 1.54) is 0 Å². The lowest BCUT2D eigenvalue weighted by molar-refractivity contribution is 0.779. The number of hydrogen-bond donors (Lipinski definition) is 1. The van der Waals surface area contributed by atoms with Crippen molar-refractivity contribution in [2.45, 2.75) is 6.42 Å². The molecule has 0 radical (unpaired) electrons. The van der Waals surface area contributed by atoms with Crippen molar-refractivity contribution in [3.05, 3.63) is 30.6 Å². The molecule has 3 aromatic heterocycles. The lowest BCUT2D eigenvalue weighted by Crippen LogP contribution is -2.11. The molecule has 0 spiro atoms. The molecule has 0 saturated carbocycles. The highest BCUT2D eigenvalue weighted by Crippen LogP contribution is 2.05. The third-order valence-corrected chi connectivity index (χ3v) is 2.68. The molecule has 0 aliphatic heterocycles. The summed E-state index contributed by atoms with van der Waals surface area (Å²) in [7, 11) is 1.98. The molecule has 3 aromatic rings. The summed E-state index contributed by atoms with van der Waals surface area (Å²) in [6.07, 6.45) is 7.85. The minimum absolute atomic E-state index is 0.622. The maximum atomic E-state index is 4.26. The molecule has 0 saturated heterocycles. The molecule has 0 aliphatic carbocycles. The van der Waals surface area contributed by atoms with Gasteiger partial charge in [-0.05, 0) is 10.4 Å². The van der Waals surface area contributed by atoms with Crippen LogP contribution in [0.3, 0.4) is 0 Å². The fourth-order valence-corrected chi connectivity index (χ4v) is 1.74. The van der Waals surface area contributed by atoms with E-state index in [0.717, 1.165) is 24.6 Å². The van der Waals surface area contributed by atoms with E-state index in [-0.39, 0.29) is 0 Å². The molecule has 0 bridgehead atoms. The summed E-state index contributed by atoms with van der Waals surface area (Å²) >= 11 is 0. The topological polar surface area (TPSA) is 85.8 Å². The van der Waals surface area contributed by atoms with E-state index in [1.54, 1.807) is 23.1 Å². The summed E-state index contributed by atoms with van der Waals surface area (Å²) < 4.78 is 3.61. The first-order chi connectivity index (χ1) is 8.84. The fraction of sp³-hybridized carbons (Fsp3) is 0.300. The molecule has 0 amide bonds. The molecule has 0 atom stereocenters. The van der Waals surface area contributed by atoms with Gasteiger partial charge in [0.15, 0.2) is 5.65 Å². The van der Waals surface area contributed by atoms with Crippen molar-refractivity contribution in [2.75, 3.05) is 11.9 Å². The first kappa shape index (κ1) is 10.6. The normalized spacial score (nSPS) is 10.9. The van der Waals surface area contributed by atoms with Crippen LogP contribution in [0.5, 0.6) is 0 Å². The Bertz CT molecular complexity index is 655. The Kier molecular flexibility index (Phi) is 2.60. The maximum Gasteiger partial charge on any atom is 0.199 e. The third-order valence-electron chi connectivity index (χ3n) is 2.68. The van der Waals surface area contributed by atoms with Crippen LogP contribution in [-0.2, 0) is 13.5 Å². The Morgan fingerprint density at radius 2 is 2.28 bits per heavy atom. The number of fused-ring (bicyclic) bond motifs is 1. The smallest absolute Gasteiger partial charge is 0.199 e. The highest BCUT2D eigenvalue weighted by Gasteiger charge is 2.04. The quantitative estimate of drug-likeness (QED) is 0.690. The van der Waals surface area contributed by atoms with Gasteiger partial charge in [-0.2, -0.15) is 4.52 Å². The second-order valence-electron chi connectivity index (χ2n) is 3.87. The highest BCUT2D eigenvalue weighted by molar-refractivity contribution is 5.43. The van der Waals surface area contributed by atoms with Crippen LogP contribution < -0.4 is 5.32 Å². The van der Waals surface area contributed by atoms with E-state index in [4.69, 9.17) is 0 Å². The van der Waals surface area contributed by atoms with Crippen molar-refractivity contribution in [1.29, 1.82) is 0 Å². The van der Waals surface area contributed by atoms with Gasteiger partial charge in [-0.15, -0.1) is 5.10 Å². The number of aryl methyl sites for hydroxylation is 1. The number of anilines is 1. The zero-order valence-corrected chi connectivity index (χ0v) is 9.85. The second kappa shape index (κ2) is 4.40. The summed E-state index contributed by atoms with van der Waals surface area (Å²) in [5.41, 5.74) is 0.622. The Hall–Kier alpha value is -2.51. The van der Waals surface area contributed by atoms with Crippen molar-refractivity contribution in [1.82, 2.24) is 34.6 Å². The van der Waals surface area contributed by atoms with Crippen molar-refractivity contribution in [3.63, 3.8) is 0 Å². The summed E-state index contributed by atoms with van der Waals surface area (Å²) in [4.78, 5) is 8.33. The van der Waals surface area contributed by atoms with Crippen molar-refractivity contribution < 1.29 is 0 Å². The lowest BCUT2D eigenvalue weighted by atomic mass is 10.4. The molecule has 0 unspecified atom stereocenters. The minimum atomic E-state index is 0.622. The highest BCUT2D eigenvalue weighted by atomic mass is 15.5. The van der Waals surface area contributed by atoms with Gasteiger partial charge in [-0.3, -0.25) is 4.98 Å². The Morgan fingerprint density at radius 3 is 3.11 bits per heavy atom. The van der Waals surface area contributed by atoms with Crippen LogP contribution in [0.15, 0.2) is 24.8 Å². The number of nitrogens with zero attached hydrogens (tertiary/aromatic N) is 7. The number of imidazole rings is 1. The van der Waals surface area contributed by atoms with Crippen LogP contribution in [0, 0.1) is 0 Å². The van der Waals surface area contributed by atoms with Gasteiger partial charge in [-0.1, -0.05) is 0 Å². The van der Waals surface area contributed by atoms with Crippen molar-refractivity contribution >= 4 is 11.5 Å². The van der Waals surface area contributed by atoms with Gasteiger partial charge >= 0.3 is 0 Å². The first-order valence-electron chi connectivity index (χ1n) is 5.57. The van der Waals surface area contributed by atoms with Gasteiger partial charge in [0.1, 0.15) is 11.6 Å². The van der Waals surface area contributed by atoms with Crippen molar-refractivity contribution in [3.8, 4) is 0 Å². The predicted molar refractivity (Wildman–Crippen MR) is 64.0 cm³/mol. The molecule has 1 N–H and O–H groups in total. The van der Waals surface area contributed by atoms with Gasteiger partial charge in [0, 0.05) is 32.4 Å². The summed E-state index contributed by atoms with van der Waals surface area (Å²) in [6.45, 7) is 0.742. The van der Waals surface area contributed by atoms with E-state index in [2.05, 4.69) is 30.8 Å². The average Bonchev–Trinajstić information content (AvgIpc) is 2.99. The molecule has 0 fully saturated rings. The summed E-state index contributed by atoms with van der Waals surface area (Å²) in [5, 5.41) is 14.6. The standard InChI is InChI=1S/C10H12N8/c1-17-5-4-13-8(17)2-3-12-9-6-11-7-10-14-15-16-18(9)10/h4-7,12H,2-3H2,1H3. The van der Waals surface area contributed by atoms with Crippen LogP contribution in [0.1, 0.15) is 5.82 Å². The number of rotatable bonds is 4. The molecule has 18 heavy (non-hydrogen) atoms. The van der Waals surface area contributed by atoms with Crippen LogP contribution in [0.25, 0.3) is 5.65 Å². The summed E-state index contributed by atoms with van der Waals surface area (Å²) in [6, 6.07) is 0. The Labute approximate surface area is 103 Å². The van der Waals surface area contributed by atoms with Crippen molar-refractivity contribution in [2.24, 2.45) is 7.05 Å². The fourth-order valence-electron chi connectivity index (χ4n) is 1.74. The van der Waals surface area contributed by atoms with E-state index in [1.807, 2.05) is 17.8 Å². The largest absolute Gasteiger partial charge is 0.368 e. The molecule has 8 nitrogen and oxygen atoms in total. The van der Waals surface area contributed by atoms with Crippen LogP contribution in [-0.4, -0.2) is 41.1 Å². The minimum Gasteiger partial charge on any atom is -0.368 e.